The number of benzene rings is 2. The van der Waals surface area contributed by atoms with E-state index in [1.807, 2.05) is 0 Å². The zero-order chi connectivity index (χ0) is 48.8. The molecule has 0 saturated carbocycles. The Labute approximate surface area is 440 Å². The normalized spacial score (nSPS) is 12.3. The summed E-state index contributed by atoms with van der Waals surface area (Å²) in [5, 5.41) is 0. The summed E-state index contributed by atoms with van der Waals surface area (Å²) in [6.45, 7) is 21.3. The number of rotatable bonds is 41. The van der Waals surface area contributed by atoms with Gasteiger partial charge < -0.3 is 19.4 Å². The fraction of sp³-hybridized carbons (Fsp3) is 0.723. The fourth-order valence-electron chi connectivity index (χ4n) is 9.59. The Kier molecular flexibility index (Phi) is 47.5. The number of unbranched alkanes of at least 4 members (excludes halogenated alkanes) is 31. The molecule has 0 fully saturated rings. The zero-order valence-corrected chi connectivity index (χ0v) is 47.8. The first kappa shape index (κ1) is 66.2. The van der Waals surface area contributed by atoms with Gasteiger partial charge in [-0.15, -0.1) is 0 Å². The van der Waals surface area contributed by atoms with Gasteiger partial charge in [-0.25, -0.2) is 4.70 Å². The molecule has 0 amide bonds. The second kappa shape index (κ2) is 48.8. The van der Waals surface area contributed by atoms with Gasteiger partial charge in [-0.3, -0.25) is 0 Å². The first-order valence-corrected chi connectivity index (χ1v) is 29.7. The van der Waals surface area contributed by atoms with Crippen molar-refractivity contribution in [3.05, 3.63) is 101 Å². The maximum Gasteiger partial charge on any atom is 2.00 e. The third-order valence-corrected chi connectivity index (χ3v) is 13.9. The Morgan fingerprint density at radius 3 is 0.912 bits per heavy atom. The van der Waals surface area contributed by atoms with E-state index < -0.39 is 0 Å². The van der Waals surface area contributed by atoms with Gasteiger partial charge in [0.2, 0.25) is 11.4 Å². The van der Waals surface area contributed by atoms with Crippen LogP contribution in [0.1, 0.15) is 314 Å². The van der Waals surface area contributed by atoms with Crippen molar-refractivity contribution in [2.45, 2.75) is 305 Å². The monoisotopic (exact) mass is 1030 g/mol. The molecule has 0 atom stereocenters. The number of nitrogens with zero attached hydrogens (tertiary/aromatic N) is 2. The molecule has 3 rings (SSSR count). The molecule has 3 heteroatoms. The molecule has 0 unspecified atom stereocenters. The number of hydrogen-bond donors (Lipinski definition) is 0. The summed E-state index contributed by atoms with van der Waals surface area (Å²) >= 11 is 0. The standard InChI is InChI=1S/C33H46N2.2C16H33.Pd/c1-5-9-13-23-31-30(22-12-8-4)32(28-20-14-18-26(24-28)16-10-6-2)35(34)33(31)29-21-15-19-27(25-29)17-11-7-3;2*1-3-5-7-9-11-13-15-16-14-12-10-8-6-4-2;/h14-15,18-21,24-25H,5-13,16-17,22-23H2,1-4H3;2*1,3-16H2,2H3;/q;2*-1;+2. The van der Waals surface area contributed by atoms with Crippen LogP contribution in [0.4, 0.5) is 0 Å². The minimum atomic E-state index is 0. The summed E-state index contributed by atoms with van der Waals surface area (Å²) < 4.78 is 1.55. The van der Waals surface area contributed by atoms with Crippen LogP contribution in [0.5, 0.6) is 0 Å². The molecule has 1 heterocycles. The van der Waals surface area contributed by atoms with Crippen LogP contribution in [0.2, 0.25) is 0 Å². The Morgan fingerprint density at radius 1 is 0.338 bits per heavy atom. The van der Waals surface area contributed by atoms with Gasteiger partial charge in [0.1, 0.15) is 0 Å². The van der Waals surface area contributed by atoms with Crippen molar-refractivity contribution in [1.82, 2.24) is 0 Å². The summed E-state index contributed by atoms with van der Waals surface area (Å²) in [5.41, 5.74) is 21.6. The zero-order valence-electron chi connectivity index (χ0n) is 46.2. The third kappa shape index (κ3) is 32.2. The van der Waals surface area contributed by atoms with E-state index in [9.17, 15) is 5.53 Å². The summed E-state index contributed by atoms with van der Waals surface area (Å²) in [5.74, 6) is 0. The molecule has 1 aliphatic rings. The molecular weight excluding hydrogens is 915 g/mol. The van der Waals surface area contributed by atoms with Crippen molar-refractivity contribution < 1.29 is 25.1 Å². The Balaban J connectivity index is 0.00000114. The minimum absolute atomic E-state index is 0. The predicted octanol–water partition coefficient (Wildman–Crippen LogP) is 22.9. The molecule has 2 nitrogen and oxygen atoms in total. The van der Waals surface area contributed by atoms with E-state index >= 15 is 0 Å². The molecule has 0 spiro atoms. The molecular formula is C65H112N2Pd. The Bertz CT molecular complexity index is 1450. The largest absolute Gasteiger partial charge is 2.00 e. The number of hydrogen-bond acceptors (Lipinski definition) is 0. The van der Waals surface area contributed by atoms with Gasteiger partial charge >= 0.3 is 20.4 Å². The van der Waals surface area contributed by atoms with Crippen molar-refractivity contribution in [2.75, 3.05) is 0 Å². The summed E-state index contributed by atoms with van der Waals surface area (Å²) in [6, 6.07) is 17.8. The average Bonchev–Trinajstić information content (AvgIpc) is 3.63. The van der Waals surface area contributed by atoms with Gasteiger partial charge in [-0.05, 0) is 86.8 Å². The van der Waals surface area contributed by atoms with Gasteiger partial charge in [0, 0.05) is 22.3 Å². The quantitative estimate of drug-likeness (QED) is 0.0275. The van der Waals surface area contributed by atoms with Crippen LogP contribution >= 0.6 is 0 Å². The maximum absolute atomic E-state index is 11.8. The molecule has 2 aromatic carbocycles. The molecule has 2 aromatic rings. The smallest absolute Gasteiger partial charge is 0.493 e. The number of allylic oxidation sites excluding steroid dienone is 2. The summed E-state index contributed by atoms with van der Waals surface area (Å²) in [6.07, 6.45) is 54.6. The van der Waals surface area contributed by atoms with Crippen LogP contribution in [-0.4, -0.2) is 4.70 Å². The van der Waals surface area contributed by atoms with Crippen LogP contribution in [-0.2, 0) is 33.3 Å². The van der Waals surface area contributed by atoms with Gasteiger partial charge in [0.05, 0.1) is 0 Å². The Morgan fingerprint density at radius 2 is 0.603 bits per heavy atom. The molecule has 0 aromatic heterocycles. The first-order valence-electron chi connectivity index (χ1n) is 29.7. The van der Waals surface area contributed by atoms with Crippen molar-refractivity contribution in [2.24, 2.45) is 0 Å². The SMILES string of the molecule is CCCCCC1=C(c2cccc(CCCC)c2)[N+](=[N-])C(c2cccc(CCCC)c2)=C1CCCC.[CH2-]CCCCCCCCCCCCCCC.[CH2-]CCCCCCCCCCCCCCC.[Pd+2]. The molecule has 1 aliphatic heterocycles. The van der Waals surface area contributed by atoms with E-state index in [0.717, 1.165) is 80.3 Å². The van der Waals surface area contributed by atoms with E-state index in [1.165, 1.54) is 228 Å². The van der Waals surface area contributed by atoms with Gasteiger partial charge in [-0.2, -0.15) is 12.8 Å². The van der Waals surface area contributed by atoms with Crippen LogP contribution < -0.4 is 0 Å². The van der Waals surface area contributed by atoms with Crippen molar-refractivity contribution in [1.29, 1.82) is 0 Å². The molecule has 68 heavy (non-hydrogen) atoms. The summed E-state index contributed by atoms with van der Waals surface area (Å²) in [7, 11) is 0. The third-order valence-electron chi connectivity index (χ3n) is 13.9. The van der Waals surface area contributed by atoms with Gasteiger partial charge in [0.15, 0.2) is 0 Å². The summed E-state index contributed by atoms with van der Waals surface area (Å²) in [4.78, 5) is 0. The van der Waals surface area contributed by atoms with Crippen LogP contribution in [0.25, 0.3) is 16.9 Å². The van der Waals surface area contributed by atoms with Gasteiger partial charge in [0.25, 0.3) is 0 Å². The van der Waals surface area contributed by atoms with Crippen molar-refractivity contribution in [3.8, 4) is 0 Å². The maximum atomic E-state index is 11.8. The molecule has 0 radical (unpaired) electrons. The second-order valence-corrected chi connectivity index (χ2v) is 20.3. The average molecular weight is 1030 g/mol. The topological polar surface area (TPSA) is 25.3 Å². The predicted molar refractivity (Wildman–Crippen MR) is 303 cm³/mol. The minimum Gasteiger partial charge on any atom is -0.493 e. The van der Waals surface area contributed by atoms with Crippen LogP contribution in [0.15, 0.2) is 59.7 Å². The van der Waals surface area contributed by atoms with E-state index in [0.29, 0.717) is 0 Å². The van der Waals surface area contributed by atoms with Crippen molar-refractivity contribution >= 4 is 11.4 Å². The van der Waals surface area contributed by atoms with Crippen LogP contribution in [0, 0.1) is 13.8 Å². The van der Waals surface area contributed by atoms with E-state index in [2.05, 4.69) is 104 Å². The van der Waals surface area contributed by atoms with E-state index in [-0.39, 0.29) is 20.4 Å². The van der Waals surface area contributed by atoms with E-state index in [1.54, 1.807) is 4.70 Å². The molecule has 0 saturated heterocycles. The molecule has 0 aliphatic carbocycles. The molecule has 392 valence electrons. The van der Waals surface area contributed by atoms with E-state index in [4.69, 9.17) is 0 Å². The Hall–Kier alpha value is -1.82. The molecule has 0 bridgehead atoms. The van der Waals surface area contributed by atoms with Crippen molar-refractivity contribution in [3.63, 3.8) is 0 Å². The number of aryl methyl sites for hydroxylation is 2. The molecule has 0 N–H and O–H groups in total. The first-order chi connectivity index (χ1) is 33.0. The fourth-order valence-corrected chi connectivity index (χ4v) is 9.59. The second-order valence-electron chi connectivity index (χ2n) is 20.3. The van der Waals surface area contributed by atoms with Gasteiger partial charge in [-0.1, -0.05) is 265 Å². The van der Waals surface area contributed by atoms with Crippen LogP contribution in [0.3, 0.4) is 0 Å².